The van der Waals surface area contributed by atoms with Crippen LogP contribution in [0.1, 0.15) is 187 Å². The Morgan fingerprint density at radius 2 is 0.915 bits per heavy atom. The Morgan fingerprint density at radius 3 is 1.32 bits per heavy atom. The van der Waals surface area contributed by atoms with E-state index >= 15 is 0 Å². The number of amides is 1. The number of alkyl carbamates (subject to hydrolysis) is 1. The normalized spacial score (nSPS) is 12.9. The molecule has 4 heteroatoms. The van der Waals surface area contributed by atoms with Gasteiger partial charge in [-0.15, -0.1) is 0 Å². The Kier molecular flexibility index (Phi) is 37.1. The number of rotatable bonds is 35. The van der Waals surface area contributed by atoms with Gasteiger partial charge in [0.25, 0.3) is 0 Å². The summed E-state index contributed by atoms with van der Waals surface area (Å²) in [6.45, 7) is 6.18. The van der Waals surface area contributed by atoms with Crippen LogP contribution in [0.3, 0.4) is 0 Å². The molecule has 0 radical (unpaired) electrons. The zero-order valence-corrected chi connectivity index (χ0v) is 32.0. The number of nitrogens with one attached hydrogen (secondary N) is 1. The van der Waals surface area contributed by atoms with Crippen molar-refractivity contribution in [3.05, 3.63) is 48.6 Å². The largest absolute Gasteiger partial charge is 0.446 e. The van der Waals surface area contributed by atoms with Gasteiger partial charge in [-0.05, 0) is 117 Å². The number of carbonyl (C=O) groups is 1. The van der Waals surface area contributed by atoms with E-state index in [1.807, 2.05) is 0 Å². The number of allylic oxidation sites excluding steroid dienone is 8. The highest BCUT2D eigenvalue weighted by atomic mass is 16.6. The fourth-order valence-corrected chi connectivity index (χ4v) is 5.76. The lowest BCUT2D eigenvalue weighted by Gasteiger charge is -2.19. The molecule has 0 spiro atoms. The van der Waals surface area contributed by atoms with Gasteiger partial charge in [0.1, 0.15) is 6.10 Å². The molecule has 1 N–H and O–H groups in total. The topological polar surface area (TPSA) is 41.6 Å². The third-order valence-electron chi connectivity index (χ3n) is 8.78. The minimum Gasteiger partial charge on any atom is -0.446 e. The Bertz CT molecular complexity index is 707. The number of carbonyl (C=O) groups excluding carboxylic acids is 1. The van der Waals surface area contributed by atoms with E-state index in [1.165, 1.54) is 128 Å². The molecule has 274 valence electrons. The number of nitrogens with zero attached hydrogens (tertiary/aromatic N) is 1. The Balaban J connectivity index is 4.06. The zero-order valence-electron chi connectivity index (χ0n) is 32.0. The van der Waals surface area contributed by atoms with Crippen molar-refractivity contribution < 1.29 is 9.53 Å². The van der Waals surface area contributed by atoms with E-state index in [-0.39, 0.29) is 12.2 Å². The van der Waals surface area contributed by atoms with Crippen LogP contribution in [0.2, 0.25) is 0 Å². The smallest absolute Gasteiger partial charge is 0.407 e. The molecule has 0 aliphatic rings. The second-order valence-electron chi connectivity index (χ2n) is 13.9. The van der Waals surface area contributed by atoms with Crippen molar-refractivity contribution in [2.75, 3.05) is 27.2 Å². The third-order valence-corrected chi connectivity index (χ3v) is 8.78. The first-order chi connectivity index (χ1) is 23.1. The second-order valence-corrected chi connectivity index (χ2v) is 13.9. The molecule has 0 atom stereocenters. The number of ether oxygens (including phenoxy) is 1. The summed E-state index contributed by atoms with van der Waals surface area (Å²) in [5, 5.41) is 2.97. The van der Waals surface area contributed by atoms with Gasteiger partial charge < -0.3 is 15.0 Å². The van der Waals surface area contributed by atoms with E-state index in [0.29, 0.717) is 6.54 Å². The molecule has 0 aromatic carbocycles. The summed E-state index contributed by atoms with van der Waals surface area (Å²) in [5.41, 5.74) is 0. The van der Waals surface area contributed by atoms with Crippen LogP contribution in [0.15, 0.2) is 48.6 Å². The average Bonchev–Trinajstić information content (AvgIpc) is 3.06. The SMILES string of the molecule is CCCCCC=CCC=CCCCCCCCCC(CCCCCCCCC=CCC=CCCCCC)OC(=O)NCCCN(C)C. The second kappa shape index (κ2) is 38.6. The molecule has 0 heterocycles. The van der Waals surface area contributed by atoms with Crippen molar-refractivity contribution in [1.29, 1.82) is 0 Å². The molecule has 47 heavy (non-hydrogen) atoms. The maximum Gasteiger partial charge on any atom is 0.407 e. The molecule has 0 saturated heterocycles. The zero-order chi connectivity index (χ0) is 34.3. The molecule has 0 fully saturated rings. The first kappa shape index (κ1) is 45.2. The quantitative estimate of drug-likeness (QED) is 0.0545. The summed E-state index contributed by atoms with van der Waals surface area (Å²) in [6.07, 6.45) is 51.7. The van der Waals surface area contributed by atoms with Crippen LogP contribution >= 0.6 is 0 Å². The van der Waals surface area contributed by atoms with Crippen LogP contribution in [0.4, 0.5) is 4.79 Å². The minimum absolute atomic E-state index is 0.0560. The van der Waals surface area contributed by atoms with Gasteiger partial charge in [-0.2, -0.15) is 0 Å². The van der Waals surface area contributed by atoms with Crippen molar-refractivity contribution in [2.24, 2.45) is 0 Å². The predicted molar refractivity (Wildman–Crippen MR) is 209 cm³/mol. The van der Waals surface area contributed by atoms with Crippen molar-refractivity contribution in [2.45, 2.75) is 193 Å². The van der Waals surface area contributed by atoms with Gasteiger partial charge in [0, 0.05) is 6.54 Å². The van der Waals surface area contributed by atoms with Gasteiger partial charge in [0.2, 0.25) is 0 Å². The minimum atomic E-state index is -0.228. The van der Waals surface area contributed by atoms with Gasteiger partial charge in [-0.1, -0.05) is 140 Å². The van der Waals surface area contributed by atoms with Crippen molar-refractivity contribution in [1.82, 2.24) is 10.2 Å². The van der Waals surface area contributed by atoms with Crippen LogP contribution in [-0.2, 0) is 4.74 Å². The first-order valence-corrected chi connectivity index (χ1v) is 20.3. The van der Waals surface area contributed by atoms with E-state index in [0.717, 1.165) is 51.5 Å². The first-order valence-electron chi connectivity index (χ1n) is 20.3. The molecule has 0 aliphatic carbocycles. The van der Waals surface area contributed by atoms with E-state index in [2.05, 4.69) is 86.8 Å². The number of hydrogen-bond donors (Lipinski definition) is 1. The molecule has 0 saturated carbocycles. The third kappa shape index (κ3) is 38.5. The lowest BCUT2D eigenvalue weighted by atomic mass is 10.0. The molecule has 0 bridgehead atoms. The van der Waals surface area contributed by atoms with Crippen LogP contribution in [-0.4, -0.2) is 44.3 Å². The fraction of sp³-hybridized carbons (Fsp3) is 0.791. The number of hydrogen-bond acceptors (Lipinski definition) is 3. The Morgan fingerprint density at radius 1 is 0.532 bits per heavy atom. The summed E-state index contributed by atoms with van der Waals surface area (Å²) in [4.78, 5) is 14.6. The van der Waals surface area contributed by atoms with Crippen LogP contribution in [0.5, 0.6) is 0 Å². The maximum absolute atomic E-state index is 12.5. The fourth-order valence-electron chi connectivity index (χ4n) is 5.76. The molecule has 0 aromatic rings. The van der Waals surface area contributed by atoms with Gasteiger partial charge in [-0.3, -0.25) is 0 Å². The Hall–Kier alpha value is -1.81. The van der Waals surface area contributed by atoms with Crippen molar-refractivity contribution in [3.8, 4) is 0 Å². The molecule has 1 amide bonds. The molecular formula is C43H80N2O2. The standard InChI is InChI=1S/C43H80N2O2/c1-5-7-9-11-13-15-17-19-21-23-25-27-29-31-33-35-38-42(47-43(46)44-40-37-41-45(3)4)39-36-34-32-30-28-26-24-22-20-18-16-14-12-10-8-6-2/h13-16,19-22,42H,5-12,17-18,23-41H2,1-4H3,(H,44,46). The summed E-state index contributed by atoms with van der Waals surface area (Å²) in [7, 11) is 4.13. The van der Waals surface area contributed by atoms with E-state index in [1.54, 1.807) is 0 Å². The highest BCUT2D eigenvalue weighted by Crippen LogP contribution is 2.18. The lowest BCUT2D eigenvalue weighted by Crippen LogP contribution is -2.31. The van der Waals surface area contributed by atoms with Crippen molar-refractivity contribution >= 4 is 6.09 Å². The average molecular weight is 657 g/mol. The van der Waals surface area contributed by atoms with E-state index in [9.17, 15) is 4.79 Å². The summed E-state index contributed by atoms with van der Waals surface area (Å²) >= 11 is 0. The van der Waals surface area contributed by atoms with Crippen LogP contribution in [0, 0.1) is 0 Å². The number of unbranched alkanes of at least 4 members (excludes halogenated alkanes) is 18. The van der Waals surface area contributed by atoms with Crippen LogP contribution in [0.25, 0.3) is 0 Å². The molecule has 0 rings (SSSR count). The summed E-state index contributed by atoms with van der Waals surface area (Å²) in [5.74, 6) is 0. The molecule has 0 aliphatic heterocycles. The van der Waals surface area contributed by atoms with Gasteiger partial charge >= 0.3 is 6.09 Å². The van der Waals surface area contributed by atoms with Crippen molar-refractivity contribution in [3.63, 3.8) is 0 Å². The highest BCUT2D eigenvalue weighted by Gasteiger charge is 2.14. The van der Waals surface area contributed by atoms with E-state index < -0.39 is 0 Å². The van der Waals surface area contributed by atoms with Gasteiger partial charge in [0.15, 0.2) is 0 Å². The van der Waals surface area contributed by atoms with E-state index in [4.69, 9.17) is 4.74 Å². The molecule has 4 nitrogen and oxygen atoms in total. The monoisotopic (exact) mass is 657 g/mol. The lowest BCUT2D eigenvalue weighted by molar-refractivity contribution is 0.0840. The predicted octanol–water partition coefficient (Wildman–Crippen LogP) is 13.4. The van der Waals surface area contributed by atoms with Crippen LogP contribution < -0.4 is 5.32 Å². The molecule has 0 unspecified atom stereocenters. The summed E-state index contributed by atoms with van der Waals surface area (Å²) in [6, 6.07) is 0. The summed E-state index contributed by atoms with van der Waals surface area (Å²) < 4.78 is 5.92. The van der Waals surface area contributed by atoms with Gasteiger partial charge in [0.05, 0.1) is 0 Å². The van der Waals surface area contributed by atoms with Gasteiger partial charge in [-0.25, -0.2) is 4.79 Å². The molecule has 0 aromatic heterocycles. The Labute approximate surface area is 294 Å². The molecular weight excluding hydrogens is 576 g/mol. The maximum atomic E-state index is 12.5. The highest BCUT2D eigenvalue weighted by molar-refractivity contribution is 5.67.